The second-order valence-corrected chi connectivity index (χ2v) is 10.5. The van der Waals surface area contributed by atoms with Gasteiger partial charge in [0, 0.05) is 12.1 Å². The number of allylic oxidation sites excluding steroid dienone is 1. The van der Waals surface area contributed by atoms with Crippen LogP contribution in [0.2, 0.25) is 0 Å². The van der Waals surface area contributed by atoms with Gasteiger partial charge in [-0.1, -0.05) is 55.0 Å². The highest BCUT2D eigenvalue weighted by molar-refractivity contribution is 5.94. The van der Waals surface area contributed by atoms with Gasteiger partial charge >= 0.3 is 5.97 Å². The van der Waals surface area contributed by atoms with E-state index in [1.165, 1.54) is 12.2 Å². The van der Waals surface area contributed by atoms with Crippen LogP contribution in [0.5, 0.6) is 0 Å². The Balaban J connectivity index is 1.83. The number of rotatable bonds is 2. The molecule has 34 heavy (non-hydrogen) atoms. The fourth-order valence-electron chi connectivity index (χ4n) is 5.99. The van der Waals surface area contributed by atoms with E-state index in [9.17, 15) is 19.8 Å². The van der Waals surface area contributed by atoms with Crippen molar-refractivity contribution in [3.8, 4) is 0 Å². The summed E-state index contributed by atoms with van der Waals surface area (Å²) in [5.41, 5.74) is -0.0129. The molecule has 2 aliphatic heterocycles. The first-order valence-electron chi connectivity index (χ1n) is 12.1. The molecule has 1 saturated heterocycles. The average Bonchev–Trinajstić information content (AvgIpc) is 3.04. The zero-order valence-electron chi connectivity index (χ0n) is 20.3. The molecule has 2 heterocycles. The van der Waals surface area contributed by atoms with E-state index in [4.69, 9.17) is 4.74 Å². The lowest BCUT2D eigenvalue weighted by Crippen LogP contribution is -2.59. The van der Waals surface area contributed by atoms with Crippen molar-refractivity contribution in [2.75, 3.05) is 0 Å². The van der Waals surface area contributed by atoms with Crippen molar-refractivity contribution in [2.45, 2.75) is 70.3 Å². The Kier molecular flexibility index (Phi) is 6.58. The largest absolute Gasteiger partial charge is 0.444 e. The summed E-state index contributed by atoms with van der Waals surface area (Å²) in [6.07, 6.45) is 7.20. The minimum Gasteiger partial charge on any atom is -0.444 e. The summed E-state index contributed by atoms with van der Waals surface area (Å²) in [4.78, 5) is 26.7. The normalized spacial score (nSPS) is 38.4. The minimum atomic E-state index is -1.57. The Bertz CT molecular complexity index is 1040. The van der Waals surface area contributed by atoms with Crippen molar-refractivity contribution in [3.05, 3.63) is 71.3 Å². The number of aliphatic hydroxyl groups excluding tert-OH is 1. The number of benzene rings is 1. The molecule has 1 aromatic rings. The van der Waals surface area contributed by atoms with Gasteiger partial charge in [0.1, 0.15) is 0 Å². The molecule has 0 bridgehead atoms. The van der Waals surface area contributed by atoms with Crippen LogP contribution in [0.4, 0.5) is 0 Å². The number of hydrogen-bond acceptors (Lipinski definition) is 5. The minimum absolute atomic E-state index is 0.139. The summed E-state index contributed by atoms with van der Waals surface area (Å²) in [6, 6.07) is 9.59. The van der Waals surface area contributed by atoms with Crippen molar-refractivity contribution in [1.82, 2.24) is 5.32 Å². The molecule has 1 aliphatic carbocycles. The smallest absolute Gasteiger partial charge is 0.331 e. The first kappa shape index (κ1) is 24.4. The van der Waals surface area contributed by atoms with E-state index in [0.29, 0.717) is 19.3 Å². The molecular formula is C28H35NO5. The van der Waals surface area contributed by atoms with E-state index in [1.807, 2.05) is 63.3 Å². The van der Waals surface area contributed by atoms with E-state index in [1.54, 1.807) is 6.92 Å². The molecule has 3 N–H and O–H groups in total. The molecule has 0 radical (unpaired) electrons. The van der Waals surface area contributed by atoms with Gasteiger partial charge in [-0.05, 0) is 63.2 Å². The molecule has 0 aromatic heterocycles. The molecule has 6 heteroatoms. The van der Waals surface area contributed by atoms with Gasteiger partial charge in [0.05, 0.1) is 23.5 Å². The van der Waals surface area contributed by atoms with Crippen molar-refractivity contribution in [1.29, 1.82) is 0 Å². The maximum absolute atomic E-state index is 13.7. The van der Waals surface area contributed by atoms with Gasteiger partial charge in [-0.3, -0.25) is 4.79 Å². The van der Waals surface area contributed by atoms with E-state index < -0.39 is 41.0 Å². The summed E-state index contributed by atoms with van der Waals surface area (Å²) < 4.78 is 6.03. The van der Waals surface area contributed by atoms with E-state index in [0.717, 1.165) is 16.7 Å². The average molecular weight is 466 g/mol. The first-order valence-corrected chi connectivity index (χ1v) is 12.1. The van der Waals surface area contributed by atoms with Crippen LogP contribution in [0.1, 0.15) is 46.1 Å². The SMILES string of the molecule is CC1=C(C)[C@H]2[C@H](Cc3ccccc3)NC(=O)[C@]23OC(=O)C=C[C@@](C)(O)C[C@@H](C)CC=C[C@H]3[C@@H]1O. The molecule has 0 saturated carbocycles. The molecule has 4 rings (SSSR count). The fourth-order valence-corrected chi connectivity index (χ4v) is 5.99. The number of esters is 1. The van der Waals surface area contributed by atoms with Gasteiger partial charge in [0.25, 0.3) is 5.91 Å². The van der Waals surface area contributed by atoms with Gasteiger partial charge in [-0.15, -0.1) is 0 Å². The van der Waals surface area contributed by atoms with E-state index in [-0.39, 0.29) is 12.0 Å². The monoisotopic (exact) mass is 465 g/mol. The van der Waals surface area contributed by atoms with Crippen LogP contribution in [0, 0.1) is 17.8 Å². The van der Waals surface area contributed by atoms with E-state index >= 15 is 0 Å². The number of carbonyl (C=O) groups excluding carboxylic acids is 2. The Morgan fingerprint density at radius 2 is 1.85 bits per heavy atom. The Morgan fingerprint density at radius 3 is 2.56 bits per heavy atom. The van der Waals surface area contributed by atoms with Crippen LogP contribution < -0.4 is 5.32 Å². The van der Waals surface area contributed by atoms with Crippen LogP contribution >= 0.6 is 0 Å². The molecule has 182 valence electrons. The molecule has 0 unspecified atom stereocenters. The lowest BCUT2D eigenvalue weighted by atomic mass is 9.63. The summed E-state index contributed by atoms with van der Waals surface area (Å²) in [6.45, 7) is 7.49. The summed E-state index contributed by atoms with van der Waals surface area (Å²) in [7, 11) is 0. The highest BCUT2D eigenvalue weighted by Gasteiger charge is 2.66. The quantitative estimate of drug-likeness (QED) is 0.460. The molecule has 1 amide bonds. The van der Waals surface area contributed by atoms with Gasteiger partial charge < -0.3 is 20.3 Å². The van der Waals surface area contributed by atoms with Crippen LogP contribution in [0.15, 0.2) is 65.8 Å². The third-order valence-corrected chi connectivity index (χ3v) is 7.69. The number of amides is 1. The molecule has 1 spiro atoms. The zero-order valence-corrected chi connectivity index (χ0v) is 20.3. The highest BCUT2D eigenvalue weighted by atomic mass is 16.6. The summed E-state index contributed by atoms with van der Waals surface area (Å²) >= 11 is 0. The standard InChI is InChI=1S/C28H35NO5/c1-17-9-8-12-21-25(31)19(3)18(2)24-22(15-20-10-6-5-7-11-20)29-26(32)28(21,24)34-23(30)13-14-27(4,33)16-17/h5-8,10-14,17,21-22,24-25,31,33H,9,15-16H2,1-4H3,(H,29,32)/t17-,21-,22-,24-,25+,27+,28+/m0/s1. The summed E-state index contributed by atoms with van der Waals surface area (Å²) in [5.74, 6) is -2.10. The van der Waals surface area contributed by atoms with Crippen LogP contribution in [0.3, 0.4) is 0 Å². The second kappa shape index (κ2) is 9.16. The van der Waals surface area contributed by atoms with Gasteiger partial charge in [0.2, 0.25) is 5.60 Å². The maximum Gasteiger partial charge on any atom is 0.331 e. The predicted molar refractivity (Wildman–Crippen MR) is 130 cm³/mol. The third-order valence-electron chi connectivity index (χ3n) is 7.69. The lowest BCUT2D eigenvalue weighted by molar-refractivity contribution is -0.175. The first-order chi connectivity index (χ1) is 16.0. The van der Waals surface area contributed by atoms with Crippen molar-refractivity contribution in [3.63, 3.8) is 0 Å². The van der Waals surface area contributed by atoms with E-state index in [2.05, 4.69) is 5.32 Å². The molecule has 1 aromatic carbocycles. The van der Waals surface area contributed by atoms with Gasteiger partial charge in [-0.2, -0.15) is 0 Å². The maximum atomic E-state index is 13.7. The Morgan fingerprint density at radius 1 is 1.15 bits per heavy atom. The molecular weight excluding hydrogens is 430 g/mol. The number of carbonyl (C=O) groups is 2. The molecule has 6 nitrogen and oxygen atoms in total. The molecule has 3 aliphatic rings. The Labute approximate surface area is 201 Å². The van der Waals surface area contributed by atoms with Crippen molar-refractivity contribution in [2.24, 2.45) is 17.8 Å². The zero-order chi connectivity index (χ0) is 24.7. The van der Waals surface area contributed by atoms with Crippen LogP contribution in [-0.2, 0) is 20.7 Å². The van der Waals surface area contributed by atoms with Crippen molar-refractivity contribution < 1.29 is 24.5 Å². The lowest BCUT2D eigenvalue weighted by Gasteiger charge is -2.46. The number of ether oxygens (including phenoxy) is 1. The second-order valence-electron chi connectivity index (χ2n) is 10.5. The van der Waals surface area contributed by atoms with Crippen LogP contribution in [0.25, 0.3) is 0 Å². The van der Waals surface area contributed by atoms with Crippen LogP contribution in [-0.4, -0.2) is 45.4 Å². The third kappa shape index (κ3) is 4.37. The number of hydrogen-bond donors (Lipinski definition) is 3. The fraction of sp³-hybridized carbons (Fsp3) is 0.500. The Hall–Kier alpha value is -2.70. The molecule has 1 fully saturated rings. The van der Waals surface area contributed by atoms with Gasteiger partial charge in [-0.25, -0.2) is 4.79 Å². The predicted octanol–water partition coefficient (Wildman–Crippen LogP) is 3.25. The molecule has 7 atom stereocenters. The summed E-state index contributed by atoms with van der Waals surface area (Å²) in [5, 5.41) is 25.1. The highest BCUT2D eigenvalue weighted by Crippen LogP contribution is 2.50. The topological polar surface area (TPSA) is 95.9 Å². The van der Waals surface area contributed by atoms with Gasteiger partial charge in [0.15, 0.2) is 0 Å². The van der Waals surface area contributed by atoms with Crippen molar-refractivity contribution >= 4 is 11.9 Å². The number of nitrogens with one attached hydrogen (secondary N) is 1. The number of aliphatic hydroxyl groups is 2.